The highest BCUT2D eigenvalue weighted by Crippen LogP contribution is 2.43. The summed E-state index contributed by atoms with van der Waals surface area (Å²) in [4.78, 5) is 34.4. The van der Waals surface area contributed by atoms with Crippen LogP contribution in [0.25, 0.3) is 0 Å². The molecule has 314 valence electrons. The molecule has 0 radical (unpaired) electrons. The Morgan fingerprint density at radius 3 is 1.26 bits per heavy atom. The molecule has 0 aliphatic rings. The molecule has 0 saturated heterocycles. The third kappa shape index (κ3) is 36.9. The van der Waals surface area contributed by atoms with E-state index in [1.807, 2.05) is 18.2 Å². The molecule has 11 heteroatoms. The Balaban J connectivity index is 3.97. The highest BCUT2D eigenvalue weighted by Gasteiger charge is 2.27. The predicted octanol–water partition coefficient (Wildman–Crippen LogP) is 10.9. The molecular weight excluding hydrogens is 707 g/mol. The van der Waals surface area contributed by atoms with Gasteiger partial charge in [-0.2, -0.15) is 0 Å². The van der Waals surface area contributed by atoms with E-state index in [0.717, 1.165) is 44.9 Å². The van der Waals surface area contributed by atoms with E-state index in [-0.39, 0.29) is 12.8 Å². The highest BCUT2D eigenvalue weighted by molar-refractivity contribution is 7.47. The Morgan fingerprint density at radius 2 is 0.870 bits per heavy atom. The van der Waals surface area contributed by atoms with E-state index in [0.29, 0.717) is 12.8 Å². The topological polar surface area (TPSA) is 149 Å². The number of ether oxygens (including phenoxy) is 2. The number of aliphatic hydroxyl groups is 2. The fourth-order valence-electron chi connectivity index (χ4n) is 5.60. The molecule has 0 fully saturated rings. The Bertz CT molecular complexity index is 1040. The second-order valence-corrected chi connectivity index (χ2v) is 15.4. The Labute approximate surface area is 328 Å². The van der Waals surface area contributed by atoms with Gasteiger partial charge in [0.05, 0.1) is 26.4 Å². The summed E-state index contributed by atoms with van der Waals surface area (Å²) in [6.45, 7) is 2.01. The van der Waals surface area contributed by atoms with Crippen LogP contribution in [-0.2, 0) is 32.7 Å². The molecule has 0 aromatic rings. The number of esters is 2. The average molecular weight is 785 g/mol. The van der Waals surface area contributed by atoms with E-state index >= 15 is 0 Å². The molecule has 3 unspecified atom stereocenters. The first-order valence-corrected chi connectivity index (χ1v) is 22.6. The van der Waals surface area contributed by atoms with Gasteiger partial charge in [0.25, 0.3) is 0 Å². The second kappa shape index (κ2) is 39.2. The van der Waals surface area contributed by atoms with Crippen LogP contribution >= 0.6 is 7.82 Å². The number of aliphatic hydroxyl groups excluding tert-OH is 2. The van der Waals surface area contributed by atoms with Crippen LogP contribution in [0.4, 0.5) is 0 Å². The third-order valence-corrected chi connectivity index (χ3v) is 9.77. The van der Waals surface area contributed by atoms with Gasteiger partial charge in [-0.05, 0) is 38.5 Å². The summed E-state index contributed by atoms with van der Waals surface area (Å²) in [6, 6.07) is 0. The lowest BCUT2D eigenvalue weighted by Gasteiger charge is -2.20. The van der Waals surface area contributed by atoms with E-state index in [4.69, 9.17) is 18.5 Å². The zero-order valence-electron chi connectivity index (χ0n) is 33.9. The Hall–Kier alpha value is -2.07. The van der Waals surface area contributed by atoms with Crippen LogP contribution in [0.3, 0.4) is 0 Å². The lowest BCUT2D eigenvalue weighted by molar-refractivity contribution is -0.153. The van der Waals surface area contributed by atoms with Crippen molar-refractivity contribution in [1.82, 2.24) is 0 Å². The number of carbonyl (C=O) groups excluding carboxylic acids is 2. The van der Waals surface area contributed by atoms with Crippen LogP contribution in [0.15, 0.2) is 48.6 Å². The maximum Gasteiger partial charge on any atom is 0.472 e. The smallest absolute Gasteiger partial charge is 0.457 e. The fourth-order valence-corrected chi connectivity index (χ4v) is 6.38. The van der Waals surface area contributed by atoms with Crippen molar-refractivity contribution < 1.29 is 47.8 Å². The monoisotopic (exact) mass is 785 g/mol. The van der Waals surface area contributed by atoms with Crippen molar-refractivity contribution in [1.29, 1.82) is 0 Å². The minimum atomic E-state index is -4.65. The Morgan fingerprint density at radius 1 is 0.519 bits per heavy atom. The number of carbonyl (C=O) groups is 2. The minimum Gasteiger partial charge on any atom is -0.457 e. The average Bonchev–Trinajstić information content (AvgIpc) is 3.16. The van der Waals surface area contributed by atoms with Crippen LogP contribution in [0.2, 0.25) is 0 Å². The van der Waals surface area contributed by atoms with Crippen molar-refractivity contribution in [3.8, 4) is 0 Å². The first-order chi connectivity index (χ1) is 26.3. The van der Waals surface area contributed by atoms with Crippen LogP contribution in [-0.4, -0.2) is 65.7 Å². The van der Waals surface area contributed by atoms with Crippen molar-refractivity contribution in [2.24, 2.45) is 0 Å². The van der Waals surface area contributed by atoms with Gasteiger partial charge >= 0.3 is 19.8 Å². The van der Waals surface area contributed by atoms with Crippen molar-refractivity contribution in [2.75, 3.05) is 26.4 Å². The molecule has 0 saturated carbocycles. The summed E-state index contributed by atoms with van der Waals surface area (Å²) in [5, 5.41) is 19.1. The number of unbranched alkanes of at least 4 members (excludes halogenated alkanes) is 17. The summed E-state index contributed by atoms with van der Waals surface area (Å²) in [5.41, 5.74) is 0. The maximum absolute atomic E-state index is 12.3. The lowest BCUT2D eigenvalue weighted by Crippen LogP contribution is -2.28. The number of phosphoric acid groups is 1. The number of allylic oxidation sites excluding steroid dienone is 8. The van der Waals surface area contributed by atoms with Crippen molar-refractivity contribution >= 4 is 19.8 Å². The summed E-state index contributed by atoms with van der Waals surface area (Å²) in [5.74, 6) is -1.10. The molecule has 0 aromatic carbocycles. The molecule has 0 aliphatic heterocycles. The van der Waals surface area contributed by atoms with E-state index in [9.17, 15) is 29.3 Å². The van der Waals surface area contributed by atoms with Gasteiger partial charge in [0, 0.05) is 12.8 Å². The molecule has 54 heavy (non-hydrogen) atoms. The summed E-state index contributed by atoms with van der Waals surface area (Å²) in [7, 11) is -4.65. The Kier molecular flexibility index (Phi) is 37.7. The standard InChI is InChI=1S/C43H77O10P/c1-3-5-7-9-11-13-15-17-18-19-20-21-23-25-27-29-31-33-35-43(47)53-41(37-45)39-51-54(48,49)50-38-40(36-44)52-42(46)34-32-30-28-26-24-22-16-14-12-10-8-6-4-2/h6,8,12,14,22,24,28,30,40-41,44-45H,3-5,7,9-11,13,15-21,23,25-27,29,31-39H2,1-2H3,(H,48,49)/b8-6-,14-12-,24-22-,30-28-. The van der Waals surface area contributed by atoms with Gasteiger partial charge < -0.3 is 24.6 Å². The van der Waals surface area contributed by atoms with E-state index in [2.05, 4.69) is 44.2 Å². The maximum atomic E-state index is 12.3. The number of hydrogen-bond donors (Lipinski definition) is 3. The number of rotatable bonds is 39. The summed E-state index contributed by atoms with van der Waals surface area (Å²) >= 11 is 0. The fraction of sp³-hybridized carbons (Fsp3) is 0.767. The zero-order chi connectivity index (χ0) is 39.8. The lowest BCUT2D eigenvalue weighted by atomic mass is 10.0. The van der Waals surface area contributed by atoms with Gasteiger partial charge in [0.15, 0.2) is 0 Å². The van der Waals surface area contributed by atoms with Crippen LogP contribution in [0.5, 0.6) is 0 Å². The van der Waals surface area contributed by atoms with Crippen LogP contribution < -0.4 is 0 Å². The highest BCUT2D eigenvalue weighted by atomic mass is 31.2. The number of phosphoric ester groups is 1. The SMILES string of the molecule is CC/C=C\C/C=C\C/C=C\C/C=C\CCC(=O)OC(CO)COP(=O)(O)OCC(CO)OC(=O)CCCCCCCCCCCCCCCCCCCC. The molecule has 0 spiro atoms. The zero-order valence-corrected chi connectivity index (χ0v) is 34.8. The van der Waals surface area contributed by atoms with Gasteiger partial charge in [-0.25, -0.2) is 4.57 Å². The molecular formula is C43H77O10P. The van der Waals surface area contributed by atoms with Crippen LogP contribution in [0.1, 0.15) is 174 Å². The largest absolute Gasteiger partial charge is 0.472 e. The normalized spacial score (nSPS) is 14.4. The molecule has 0 rings (SSSR count). The first kappa shape index (κ1) is 51.9. The first-order valence-electron chi connectivity index (χ1n) is 21.1. The molecule has 3 atom stereocenters. The number of hydrogen-bond acceptors (Lipinski definition) is 9. The quantitative estimate of drug-likeness (QED) is 0.0238. The van der Waals surface area contributed by atoms with Crippen LogP contribution in [0, 0.1) is 0 Å². The van der Waals surface area contributed by atoms with Crippen molar-refractivity contribution in [2.45, 2.75) is 187 Å². The van der Waals surface area contributed by atoms with Crippen molar-refractivity contribution in [3.63, 3.8) is 0 Å². The summed E-state index contributed by atoms with van der Waals surface area (Å²) in [6.07, 6.45) is 41.1. The molecule has 3 N–H and O–H groups in total. The molecule has 10 nitrogen and oxygen atoms in total. The molecule has 0 amide bonds. The van der Waals surface area contributed by atoms with Gasteiger partial charge in [-0.1, -0.05) is 172 Å². The van der Waals surface area contributed by atoms with Gasteiger partial charge in [0.2, 0.25) is 0 Å². The van der Waals surface area contributed by atoms with E-state index in [1.165, 1.54) is 89.9 Å². The minimum absolute atomic E-state index is 0.0705. The second-order valence-electron chi connectivity index (χ2n) is 13.9. The third-order valence-electron chi connectivity index (χ3n) is 8.82. The predicted molar refractivity (Wildman–Crippen MR) is 219 cm³/mol. The van der Waals surface area contributed by atoms with Gasteiger partial charge in [-0.3, -0.25) is 18.6 Å². The molecule has 0 aliphatic carbocycles. The molecule has 0 aromatic heterocycles. The van der Waals surface area contributed by atoms with E-state index in [1.54, 1.807) is 0 Å². The molecule has 0 bridgehead atoms. The molecule has 0 heterocycles. The van der Waals surface area contributed by atoms with Crippen molar-refractivity contribution in [3.05, 3.63) is 48.6 Å². The van der Waals surface area contributed by atoms with E-state index < -0.39 is 58.4 Å². The van der Waals surface area contributed by atoms with Gasteiger partial charge in [0.1, 0.15) is 12.2 Å². The summed E-state index contributed by atoms with van der Waals surface area (Å²) < 4.78 is 32.4. The van der Waals surface area contributed by atoms with Gasteiger partial charge in [-0.15, -0.1) is 0 Å².